The highest BCUT2D eigenvalue weighted by atomic mass is 35.5. The number of rotatable bonds is 7. The topological polar surface area (TPSA) is 128 Å². The number of carbonyl (C=O) groups excluding carboxylic acids is 2. The molecule has 0 unspecified atom stereocenters. The van der Waals surface area contributed by atoms with Crippen molar-refractivity contribution in [1.82, 2.24) is 14.8 Å². The van der Waals surface area contributed by atoms with Crippen molar-refractivity contribution in [3.05, 3.63) is 52.0 Å². The maximum atomic E-state index is 13.2. The number of hydrogen-bond acceptors (Lipinski definition) is 8. The van der Waals surface area contributed by atoms with Gasteiger partial charge in [0.05, 0.1) is 47.7 Å². The Morgan fingerprint density at radius 3 is 2.40 bits per heavy atom. The SMILES string of the molecule is COc1ccc(C(=O)Nc2c(Cl)cncc2Cl)c2cc(C(=O)N3CCN(C(CO)CO)CC3)oc12. The van der Waals surface area contributed by atoms with Crippen LogP contribution in [0.5, 0.6) is 5.75 Å². The van der Waals surface area contributed by atoms with Crippen LogP contribution in [0.2, 0.25) is 10.0 Å². The Balaban J connectivity index is 1.60. The summed E-state index contributed by atoms with van der Waals surface area (Å²) < 4.78 is 11.2. The van der Waals surface area contributed by atoms with Crippen molar-refractivity contribution >= 4 is 51.7 Å². The van der Waals surface area contributed by atoms with E-state index in [1.165, 1.54) is 25.6 Å². The fourth-order valence-electron chi connectivity index (χ4n) is 4.01. The van der Waals surface area contributed by atoms with Gasteiger partial charge in [-0.1, -0.05) is 23.2 Å². The molecule has 12 heteroatoms. The van der Waals surface area contributed by atoms with Gasteiger partial charge in [-0.15, -0.1) is 0 Å². The van der Waals surface area contributed by atoms with Crippen LogP contribution in [0.1, 0.15) is 20.9 Å². The van der Waals surface area contributed by atoms with Gasteiger partial charge in [-0.3, -0.25) is 19.5 Å². The number of piperazine rings is 1. The summed E-state index contributed by atoms with van der Waals surface area (Å²) in [5.41, 5.74) is 0.722. The van der Waals surface area contributed by atoms with Gasteiger partial charge in [0.25, 0.3) is 11.8 Å². The predicted molar refractivity (Wildman–Crippen MR) is 130 cm³/mol. The summed E-state index contributed by atoms with van der Waals surface area (Å²) in [6.07, 6.45) is 2.73. The first-order chi connectivity index (χ1) is 16.9. The molecule has 1 aromatic carbocycles. The first-order valence-corrected chi connectivity index (χ1v) is 11.6. The zero-order chi connectivity index (χ0) is 25.1. The fraction of sp³-hybridized carbons (Fsp3) is 0.348. The number of ether oxygens (including phenoxy) is 1. The van der Waals surface area contributed by atoms with E-state index in [1.807, 2.05) is 4.90 Å². The highest BCUT2D eigenvalue weighted by molar-refractivity contribution is 6.39. The van der Waals surface area contributed by atoms with Crippen molar-refractivity contribution in [1.29, 1.82) is 0 Å². The zero-order valence-corrected chi connectivity index (χ0v) is 20.3. The quantitative estimate of drug-likeness (QED) is 0.431. The van der Waals surface area contributed by atoms with Crippen molar-refractivity contribution < 1.29 is 29.0 Å². The van der Waals surface area contributed by atoms with Crippen molar-refractivity contribution in [3.63, 3.8) is 0 Å². The standard InChI is InChI=1S/C23H24Cl2N4O6/c1-34-18-3-2-14(22(32)27-20-16(24)9-26-10-17(20)25)15-8-19(35-21(15)18)23(33)29-6-4-28(5-7-29)13(11-30)12-31/h2-3,8-10,13,30-31H,4-7,11-12H2,1H3,(H,26,27,32). The van der Waals surface area contributed by atoms with Gasteiger partial charge in [-0.2, -0.15) is 0 Å². The molecule has 3 aromatic rings. The number of anilines is 1. The Hall–Kier alpha value is -2.89. The van der Waals surface area contributed by atoms with Crippen LogP contribution >= 0.6 is 23.2 Å². The van der Waals surface area contributed by atoms with Crippen molar-refractivity contribution in [3.8, 4) is 5.75 Å². The lowest BCUT2D eigenvalue weighted by Gasteiger charge is -2.37. The monoisotopic (exact) mass is 522 g/mol. The second-order valence-corrected chi connectivity index (χ2v) is 8.76. The number of nitrogens with zero attached hydrogens (tertiary/aromatic N) is 3. The number of fused-ring (bicyclic) bond motifs is 1. The molecule has 0 spiro atoms. The number of benzene rings is 1. The highest BCUT2D eigenvalue weighted by Gasteiger charge is 2.29. The van der Waals surface area contributed by atoms with Crippen LogP contribution < -0.4 is 10.1 Å². The summed E-state index contributed by atoms with van der Waals surface area (Å²) >= 11 is 12.3. The Kier molecular flexibility index (Phi) is 7.78. The van der Waals surface area contributed by atoms with Gasteiger partial charge in [-0.25, -0.2) is 0 Å². The Bertz CT molecular complexity index is 1220. The van der Waals surface area contributed by atoms with Crippen LogP contribution in [0.25, 0.3) is 11.0 Å². The molecule has 4 rings (SSSR count). The molecule has 0 radical (unpaired) electrons. The second-order valence-electron chi connectivity index (χ2n) is 7.95. The predicted octanol–water partition coefficient (Wildman–Crippen LogP) is 2.51. The van der Waals surface area contributed by atoms with Crippen molar-refractivity contribution in [2.24, 2.45) is 0 Å². The first-order valence-electron chi connectivity index (χ1n) is 10.8. The normalized spacial score (nSPS) is 14.5. The Morgan fingerprint density at radius 2 is 1.80 bits per heavy atom. The second kappa shape index (κ2) is 10.8. The van der Waals surface area contributed by atoms with Gasteiger partial charge in [0.1, 0.15) is 0 Å². The highest BCUT2D eigenvalue weighted by Crippen LogP contribution is 2.34. The number of hydrogen-bond donors (Lipinski definition) is 3. The van der Waals surface area contributed by atoms with E-state index in [4.69, 9.17) is 32.4 Å². The number of aromatic nitrogens is 1. The molecule has 3 heterocycles. The minimum Gasteiger partial charge on any atom is -0.493 e. The molecule has 0 bridgehead atoms. The summed E-state index contributed by atoms with van der Waals surface area (Å²) in [7, 11) is 1.47. The van der Waals surface area contributed by atoms with E-state index in [2.05, 4.69) is 10.3 Å². The average molecular weight is 523 g/mol. The lowest BCUT2D eigenvalue weighted by atomic mass is 10.1. The van der Waals surface area contributed by atoms with Gasteiger partial charge >= 0.3 is 0 Å². The lowest BCUT2D eigenvalue weighted by molar-refractivity contribution is 0.0305. The van der Waals surface area contributed by atoms with Gasteiger partial charge in [0, 0.05) is 44.0 Å². The largest absolute Gasteiger partial charge is 0.493 e. The number of methoxy groups -OCH3 is 1. The number of aliphatic hydroxyl groups is 2. The molecule has 186 valence electrons. The minimum absolute atomic E-state index is 0.0628. The molecule has 0 atom stereocenters. The summed E-state index contributed by atoms with van der Waals surface area (Å²) in [5, 5.41) is 22.2. The summed E-state index contributed by atoms with van der Waals surface area (Å²) in [4.78, 5) is 33.7. The van der Waals surface area contributed by atoms with E-state index in [0.717, 1.165) is 0 Å². The number of furan rings is 1. The molecule has 10 nitrogen and oxygen atoms in total. The molecule has 1 fully saturated rings. The van der Waals surface area contributed by atoms with Gasteiger partial charge in [0.15, 0.2) is 17.1 Å². The van der Waals surface area contributed by atoms with Crippen molar-refractivity contribution in [2.45, 2.75) is 6.04 Å². The smallest absolute Gasteiger partial charge is 0.289 e. The third-order valence-electron chi connectivity index (χ3n) is 5.95. The molecule has 35 heavy (non-hydrogen) atoms. The molecule has 3 N–H and O–H groups in total. The van der Waals surface area contributed by atoms with Crippen LogP contribution in [-0.4, -0.2) is 89.4 Å². The molecular formula is C23H24Cl2N4O6. The van der Waals surface area contributed by atoms with Crippen molar-refractivity contribution in [2.75, 3.05) is 51.8 Å². The van der Waals surface area contributed by atoms with E-state index in [0.29, 0.717) is 37.3 Å². The molecule has 2 amide bonds. The van der Waals surface area contributed by atoms with Crippen LogP contribution in [0.15, 0.2) is 35.0 Å². The molecule has 0 aliphatic carbocycles. The molecule has 0 saturated carbocycles. The van der Waals surface area contributed by atoms with Crippen LogP contribution in [0.3, 0.4) is 0 Å². The first kappa shape index (κ1) is 25.2. The number of carbonyl (C=O) groups is 2. The van der Waals surface area contributed by atoms with Crippen LogP contribution in [0, 0.1) is 0 Å². The van der Waals surface area contributed by atoms with E-state index < -0.39 is 5.91 Å². The fourth-order valence-corrected chi connectivity index (χ4v) is 4.47. The summed E-state index contributed by atoms with van der Waals surface area (Å²) in [6, 6.07) is 4.30. The lowest BCUT2D eigenvalue weighted by Crippen LogP contribution is -2.53. The summed E-state index contributed by atoms with van der Waals surface area (Å²) in [6.45, 7) is 1.49. The van der Waals surface area contributed by atoms with E-state index in [9.17, 15) is 19.8 Å². The molecular weight excluding hydrogens is 499 g/mol. The van der Waals surface area contributed by atoms with E-state index >= 15 is 0 Å². The maximum Gasteiger partial charge on any atom is 0.289 e. The maximum absolute atomic E-state index is 13.2. The average Bonchev–Trinajstić information content (AvgIpc) is 3.32. The van der Waals surface area contributed by atoms with Gasteiger partial charge in [0.2, 0.25) is 0 Å². The van der Waals surface area contributed by atoms with Gasteiger partial charge < -0.3 is 29.6 Å². The Labute approximate surface area is 211 Å². The molecule has 1 aliphatic heterocycles. The summed E-state index contributed by atoms with van der Waals surface area (Å²) in [5.74, 6) is -0.402. The number of halogens is 2. The van der Waals surface area contributed by atoms with Gasteiger partial charge in [-0.05, 0) is 18.2 Å². The number of amides is 2. The Morgan fingerprint density at radius 1 is 1.14 bits per heavy atom. The molecule has 2 aromatic heterocycles. The zero-order valence-electron chi connectivity index (χ0n) is 18.8. The van der Waals surface area contributed by atoms with E-state index in [-0.39, 0.29) is 57.8 Å². The van der Waals surface area contributed by atoms with Crippen LogP contribution in [0.4, 0.5) is 5.69 Å². The minimum atomic E-state index is -0.500. The number of aliphatic hydroxyl groups excluding tert-OH is 2. The molecule has 1 aliphatic rings. The third kappa shape index (κ3) is 5.07. The number of nitrogens with one attached hydrogen (secondary N) is 1. The molecule has 1 saturated heterocycles. The number of pyridine rings is 1. The van der Waals surface area contributed by atoms with E-state index in [1.54, 1.807) is 17.0 Å². The van der Waals surface area contributed by atoms with Crippen LogP contribution in [-0.2, 0) is 0 Å². The third-order valence-corrected chi connectivity index (χ3v) is 6.53.